The minimum Gasteiger partial charge on any atom is -0.622 e. The van der Waals surface area contributed by atoms with E-state index in [0.29, 0.717) is 18.2 Å². The van der Waals surface area contributed by atoms with E-state index in [-0.39, 0.29) is 12.5 Å². The number of rotatable bonds is 4. The molecule has 2 aliphatic rings. The van der Waals surface area contributed by atoms with Crippen LogP contribution in [0.4, 0.5) is 0 Å². The minimum atomic E-state index is -0.632. The normalized spacial score (nSPS) is 22.3. The lowest BCUT2D eigenvalue weighted by molar-refractivity contribution is -0.787. The highest BCUT2D eigenvalue weighted by Gasteiger charge is 2.39. The SMILES string of the molecule is CC(C)CN1CN(C)C(=O)C2=C[N+]([O-])(Cc3cccc4ccccc34)C=C21. The molecule has 1 saturated heterocycles. The molecule has 5 heteroatoms. The van der Waals surface area contributed by atoms with Gasteiger partial charge in [0.25, 0.3) is 5.91 Å². The lowest BCUT2D eigenvalue weighted by atomic mass is 10.0. The van der Waals surface area contributed by atoms with Gasteiger partial charge in [0.05, 0.1) is 6.67 Å². The Labute approximate surface area is 160 Å². The summed E-state index contributed by atoms with van der Waals surface area (Å²) in [6, 6.07) is 14.1. The summed E-state index contributed by atoms with van der Waals surface area (Å²) >= 11 is 0. The first-order valence-corrected chi connectivity index (χ1v) is 9.38. The largest absolute Gasteiger partial charge is 0.622 e. The van der Waals surface area contributed by atoms with E-state index in [9.17, 15) is 10.0 Å². The Hall–Kier alpha value is -2.63. The van der Waals surface area contributed by atoms with Gasteiger partial charge in [0.2, 0.25) is 0 Å². The predicted molar refractivity (Wildman–Crippen MR) is 107 cm³/mol. The van der Waals surface area contributed by atoms with E-state index < -0.39 is 4.65 Å². The number of hydrogen-bond donors (Lipinski definition) is 0. The molecule has 1 unspecified atom stereocenters. The van der Waals surface area contributed by atoms with Crippen molar-refractivity contribution in [3.63, 3.8) is 0 Å². The molecule has 1 amide bonds. The number of carbonyl (C=O) groups excluding carboxylic acids is 1. The number of carbonyl (C=O) groups is 1. The van der Waals surface area contributed by atoms with Crippen LogP contribution in [0.25, 0.3) is 10.8 Å². The van der Waals surface area contributed by atoms with Crippen molar-refractivity contribution in [1.29, 1.82) is 0 Å². The molecule has 0 aromatic heterocycles. The Bertz CT molecular complexity index is 958. The van der Waals surface area contributed by atoms with Gasteiger partial charge in [0.1, 0.15) is 30.2 Å². The number of quaternary nitrogens is 1. The van der Waals surface area contributed by atoms with E-state index >= 15 is 0 Å². The fourth-order valence-corrected chi connectivity index (χ4v) is 4.00. The average molecular weight is 363 g/mol. The second-order valence-electron chi connectivity index (χ2n) is 7.97. The number of fused-ring (bicyclic) bond motifs is 2. The van der Waals surface area contributed by atoms with Crippen LogP contribution in [0.15, 0.2) is 66.1 Å². The molecule has 1 atom stereocenters. The lowest BCUT2D eigenvalue weighted by Gasteiger charge is -2.36. The van der Waals surface area contributed by atoms with Crippen molar-refractivity contribution in [2.75, 3.05) is 20.3 Å². The second-order valence-corrected chi connectivity index (χ2v) is 7.97. The van der Waals surface area contributed by atoms with Gasteiger partial charge in [-0.05, 0) is 16.7 Å². The summed E-state index contributed by atoms with van der Waals surface area (Å²) in [6.07, 6.45) is 3.27. The van der Waals surface area contributed by atoms with Gasteiger partial charge in [-0.2, -0.15) is 0 Å². The van der Waals surface area contributed by atoms with Crippen LogP contribution in [0.5, 0.6) is 0 Å². The molecule has 27 heavy (non-hydrogen) atoms. The summed E-state index contributed by atoms with van der Waals surface area (Å²) in [7, 11) is 1.79. The van der Waals surface area contributed by atoms with Crippen molar-refractivity contribution in [2.24, 2.45) is 5.92 Å². The zero-order chi connectivity index (χ0) is 19.2. The predicted octanol–water partition coefficient (Wildman–Crippen LogP) is 3.78. The summed E-state index contributed by atoms with van der Waals surface area (Å²) < 4.78 is -0.632. The second kappa shape index (κ2) is 6.51. The molecule has 1 fully saturated rings. The fraction of sp³-hybridized carbons (Fsp3) is 0.318. The van der Waals surface area contributed by atoms with Crippen molar-refractivity contribution < 1.29 is 9.44 Å². The van der Waals surface area contributed by atoms with Gasteiger partial charge in [-0.3, -0.25) is 4.79 Å². The Balaban J connectivity index is 1.72. The van der Waals surface area contributed by atoms with E-state index in [1.807, 2.05) is 30.3 Å². The molecule has 0 N–H and O–H groups in total. The first-order valence-electron chi connectivity index (χ1n) is 9.38. The maximum Gasteiger partial charge on any atom is 0.262 e. The molecule has 0 saturated carbocycles. The molecule has 5 nitrogen and oxygen atoms in total. The van der Waals surface area contributed by atoms with Gasteiger partial charge in [0, 0.05) is 19.2 Å². The molecule has 0 bridgehead atoms. The Kier molecular flexibility index (Phi) is 4.29. The topological polar surface area (TPSA) is 46.6 Å². The van der Waals surface area contributed by atoms with Crippen LogP contribution >= 0.6 is 0 Å². The highest BCUT2D eigenvalue weighted by molar-refractivity contribution is 5.98. The summed E-state index contributed by atoms with van der Waals surface area (Å²) in [5.41, 5.74) is 2.30. The molecule has 2 heterocycles. The van der Waals surface area contributed by atoms with Crippen molar-refractivity contribution in [1.82, 2.24) is 9.80 Å². The van der Waals surface area contributed by atoms with Crippen LogP contribution in [-0.4, -0.2) is 40.6 Å². The molecule has 0 radical (unpaired) electrons. The zero-order valence-electron chi connectivity index (χ0n) is 16.1. The van der Waals surface area contributed by atoms with Crippen LogP contribution in [-0.2, 0) is 11.3 Å². The van der Waals surface area contributed by atoms with Gasteiger partial charge < -0.3 is 19.7 Å². The third kappa shape index (κ3) is 3.24. The van der Waals surface area contributed by atoms with Gasteiger partial charge in [-0.25, -0.2) is 0 Å². The number of nitrogens with zero attached hydrogens (tertiary/aromatic N) is 3. The first-order chi connectivity index (χ1) is 12.9. The van der Waals surface area contributed by atoms with Gasteiger partial charge in [0.15, 0.2) is 0 Å². The summed E-state index contributed by atoms with van der Waals surface area (Å²) in [5.74, 6) is 0.371. The van der Waals surface area contributed by atoms with E-state index in [1.165, 1.54) is 0 Å². The summed E-state index contributed by atoms with van der Waals surface area (Å²) in [4.78, 5) is 16.4. The van der Waals surface area contributed by atoms with E-state index in [2.05, 4.69) is 30.9 Å². The molecule has 2 aliphatic heterocycles. The number of benzene rings is 2. The Morgan fingerprint density at radius 2 is 1.85 bits per heavy atom. The third-order valence-electron chi connectivity index (χ3n) is 5.15. The monoisotopic (exact) mass is 363 g/mol. The minimum absolute atomic E-state index is 0.0741. The number of likely N-dealkylation sites (N-methyl/N-ethyl adjacent to an activating group) is 1. The van der Waals surface area contributed by atoms with Crippen LogP contribution in [0, 0.1) is 11.1 Å². The quantitative estimate of drug-likeness (QED) is 0.613. The van der Waals surface area contributed by atoms with E-state index in [4.69, 9.17) is 0 Å². The van der Waals surface area contributed by atoms with Crippen molar-refractivity contribution in [3.05, 3.63) is 76.9 Å². The van der Waals surface area contributed by atoms with Crippen molar-refractivity contribution in [3.8, 4) is 0 Å². The van der Waals surface area contributed by atoms with Gasteiger partial charge in [-0.15, -0.1) is 0 Å². The molecule has 0 aliphatic carbocycles. The Morgan fingerprint density at radius 3 is 2.63 bits per heavy atom. The number of hydrogen-bond acceptors (Lipinski definition) is 3. The van der Waals surface area contributed by atoms with Gasteiger partial charge in [-0.1, -0.05) is 56.3 Å². The average Bonchev–Trinajstić information content (AvgIpc) is 2.97. The molecule has 0 spiro atoms. The summed E-state index contributed by atoms with van der Waals surface area (Å²) in [5, 5.41) is 15.8. The van der Waals surface area contributed by atoms with Crippen LogP contribution in [0.3, 0.4) is 0 Å². The van der Waals surface area contributed by atoms with E-state index in [1.54, 1.807) is 24.3 Å². The molecular formula is C22H25N3O2. The number of amides is 1. The smallest absolute Gasteiger partial charge is 0.262 e. The fourth-order valence-electron chi connectivity index (χ4n) is 4.00. The van der Waals surface area contributed by atoms with Gasteiger partial charge >= 0.3 is 0 Å². The summed E-state index contributed by atoms with van der Waals surface area (Å²) in [6.45, 7) is 5.90. The van der Waals surface area contributed by atoms with Crippen LogP contribution in [0.2, 0.25) is 0 Å². The molecular weight excluding hydrogens is 338 g/mol. The zero-order valence-corrected chi connectivity index (χ0v) is 16.1. The Morgan fingerprint density at radius 1 is 1.11 bits per heavy atom. The lowest BCUT2D eigenvalue weighted by Crippen LogP contribution is -2.46. The molecule has 140 valence electrons. The van der Waals surface area contributed by atoms with Crippen LogP contribution < -0.4 is 0 Å². The first kappa shape index (κ1) is 17.8. The highest BCUT2D eigenvalue weighted by atomic mass is 16.5. The molecule has 2 aromatic rings. The standard InChI is InChI=1S/C22H25N3O2/c1-16(2)11-24-15-23(3)22(26)20-13-25(27,14-21(20)24)12-18-9-6-8-17-7-4-5-10-19(17)18/h4-10,13-14,16H,11-12,15H2,1-3H3. The molecule has 4 rings (SSSR count). The molecule has 2 aromatic carbocycles. The number of hydroxylamine groups is 3. The highest BCUT2D eigenvalue weighted by Crippen LogP contribution is 2.35. The van der Waals surface area contributed by atoms with Crippen molar-refractivity contribution in [2.45, 2.75) is 20.4 Å². The maximum absolute atomic E-state index is 13.6. The van der Waals surface area contributed by atoms with Crippen LogP contribution in [0.1, 0.15) is 19.4 Å². The van der Waals surface area contributed by atoms with E-state index in [0.717, 1.165) is 28.6 Å². The van der Waals surface area contributed by atoms with Crippen molar-refractivity contribution >= 4 is 16.7 Å². The third-order valence-corrected chi connectivity index (χ3v) is 5.15. The maximum atomic E-state index is 13.6.